The first-order valence-electron chi connectivity index (χ1n) is 6.74. The van der Waals surface area contributed by atoms with Gasteiger partial charge < -0.3 is 10.4 Å². The van der Waals surface area contributed by atoms with E-state index < -0.39 is 5.97 Å². The normalized spacial score (nSPS) is 10.1. The average molecular weight is 283 g/mol. The van der Waals surface area contributed by atoms with Crippen molar-refractivity contribution in [3.8, 4) is 0 Å². The van der Waals surface area contributed by atoms with Gasteiger partial charge in [-0.25, -0.2) is 4.79 Å². The molecule has 0 heterocycles. The van der Waals surface area contributed by atoms with Crippen LogP contribution in [0.25, 0.3) is 0 Å². The van der Waals surface area contributed by atoms with Crippen LogP contribution >= 0.6 is 0 Å². The Kier molecular flexibility index (Phi) is 4.72. The van der Waals surface area contributed by atoms with Gasteiger partial charge in [-0.15, -0.1) is 0 Å². The fourth-order valence-corrected chi connectivity index (χ4v) is 2.06. The number of carbonyl (C=O) groups excluding carboxylic acids is 1. The van der Waals surface area contributed by atoms with Gasteiger partial charge in [0.2, 0.25) is 5.91 Å². The first-order valence-corrected chi connectivity index (χ1v) is 6.74. The van der Waals surface area contributed by atoms with Gasteiger partial charge in [0, 0.05) is 12.1 Å². The highest BCUT2D eigenvalue weighted by Crippen LogP contribution is 2.16. The van der Waals surface area contributed by atoms with E-state index in [0.29, 0.717) is 24.1 Å². The molecule has 0 unspecified atom stereocenters. The number of hydrogen-bond donors (Lipinski definition) is 2. The number of anilines is 1. The van der Waals surface area contributed by atoms with Crippen molar-refractivity contribution < 1.29 is 14.7 Å². The van der Waals surface area contributed by atoms with Crippen LogP contribution in [0.2, 0.25) is 0 Å². The van der Waals surface area contributed by atoms with E-state index in [1.54, 1.807) is 19.1 Å². The van der Waals surface area contributed by atoms with Gasteiger partial charge in [0.05, 0.1) is 5.56 Å². The Labute approximate surface area is 123 Å². The zero-order valence-corrected chi connectivity index (χ0v) is 11.8. The smallest absolute Gasteiger partial charge is 0.336 e. The summed E-state index contributed by atoms with van der Waals surface area (Å²) in [6, 6.07) is 14.6. The van der Waals surface area contributed by atoms with Crippen LogP contribution in [0.5, 0.6) is 0 Å². The zero-order valence-electron chi connectivity index (χ0n) is 11.8. The molecule has 0 aromatic heterocycles. The van der Waals surface area contributed by atoms with Crippen molar-refractivity contribution in [2.45, 2.75) is 19.8 Å². The lowest BCUT2D eigenvalue weighted by atomic mass is 10.1. The lowest BCUT2D eigenvalue weighted by molar-refractivity contribution is -0.116. The van der Waals surface area contributed by atoms with E-state index in [1.807, 2.05) is 30.3 Å². The Bertz CT molecular complexity index is 650. The van der Waals surface area contributed by atoms with Gasteiger partial charge in [-0.3, -0.25) is 4.79 Å². The van der Waals surface area contributed by atoms with Crippen molar-refractivity contribution in [1.29, 1.82) is 0 Å². The highest BCUT2D eigenvalue weighted by molar-refractivity contribution is 5.94. The minimum absolute atomic E-state index is 0.126. The van der Waals surface area contributed by atoms with Gasteiger partial charge in [0.15, 0.2) is 0 Å². The second kappa shape index (κ2) is 6.70. The van der Waals surface area contributed by atoms with Gasteiger partial charge in [-0.1, -0.05) is 36.4 Å². The number of amides is 1. The maximum Gasteiger partial charge on any atom is 0.336 e. The minimum Gasteiger partial charge on any atom is -0.478 e. The summed E-state index contributed by atoms with van der Waals surface area (Å²) in [5.74, 6) is -1.12. The van der Waals surface area contributed by atoms with Crippen molar-refractivity contribution >= 4 is 17.6 Å². The molecule has 0 bridgehead atoms. The van der Waals surface area contributed by atoms with E-state index in [2.05, 4.69) is 5.32 Å². The molecule has 1 amide bonds. The maximum absolute atomic E-state index is 11.9. The first kappa shape index (κ1) is 14.8. The third kappa shape index (κ3) is 4.18. The van der Waals surface area contributed by atoms with Crippen LogP contribution < -0.4 is 5.32 Å². The van der Waals surface area contributed by atoms with Crippen LogP contribution in [0, 0.1) is 6.92 Å². The molecule has 0 radical (unpaired) electrons. The van der Waals surface area contributed by atoms with Crippen LogP contribution in [-0.4, -0.2) is 17.0 Å². The fraction of sp³-hybridized carbons (Fsp3) is 0.176. The van der Waals surface area contributed by atoms with Crippen LogP contribution in [0.1, 0.15) is 27.9 Å². The number of carboxylic acids is 1. The number of carboxylic acid groups (broad SMARTS) is 1. The van der Waals surface area contributed by atoms with Crippen LogP contribution in [0.4, 0.5) is 5.69 Å². The molecule has 2 aromatic rings. The predicted octanol–water partition coefficient (Wildman–Crippen LogP) is 3.26. The average Bonchev–Trinajstić information content (AvgIpc) is 2.48. The molecule has 0 saturated heterocycles. The summed E-state index contributed by atoms with van der Waals surface area (Å²) >= 11 is 0. The van der Waals surface area contributed by atoms with E-state index >= 15 is 0 Å². The monoisotopic (exact) mass is 283 g/mol. The van der Waals surface area contributed by atoms with E-state index in [-0.39, 0.29) is 11.5 Å². The van der Waals surface area contributed by atoms with E-state index in [0.717, 1.165) is 5.56 Å². The van der Waals surface area contributed by atoms with Crippen molar-refractivity contribution in [2.75, 3.05) is 5.32 Å². The largest absolute Gasteiger partial charge is 0.478 e. The second-order valence-corrected chi connectivity index (χ2v) is 4.87. The van der Waals surface area contributed by atoms with Crippen LogP contribution in [0.15, 0.2) is 48.5 Å². The third-order valence-corrected chi connectivity index (χ3v) is 3.24. The summed E-state index contributed by atoms with van der Waals surface area (Å²) in [5, 5.41) is 11.8. The molecule has 4 nitrogen and oxygen atoms in total. The Balaban J connectivity index is 1.97. The highest BCUT2D eigenvalue weighted by Gasteiger charge is 2.09. The standard InChI is InChI=1S/C17H17NO3/c1-12-7-9-14(11-15(12)17(20)21)18-16(19)10-8-13-5-3-2-4-6-13/h2-7,9,11H,8,10H2,1H3,(H,18,19)(H,20,21). The lowest BCUT2D eigenvalue weighted by Gasteiger charge is -2.08. The van der Waals surface area contributed by atoms with Crippen molar-refractivity contribution in [2.24, 2.45) is 0 Å². The molecule has 0 spiro atoms. The topological polar surface area (TPSA) is 66.4 Å². The summed E-state index contributed by atoms with van der Waals surface area (Å²) in [5.41, 5.74) is 2.49. The summed E-state index contributed by atoms with van der Waals surface area (Å²) in [6.07, 6.45) is 1.02. The molecule has 2 N–H and O–H groups in total. The second-order valence-electron chi connectivity index (χ2n) is 4.87. The van der Waals surface area contributed by atoms with E-state index in [9.17, 15) is 9.59 Å². The quantitative estimate of drug-likeness (QED) is 0.885. The minimum atomic E-state index is -0.993. The van der Waals surface area contributed by atoms with Gasteiger partial charge in [0.25, 0.3) is 0 Å². The number of nitrogens with one attached hydrogen (secondary N) is 1. The molecule has 0 saturated carbocycles. The van der Waals surface area contributed by atoms with Crippen molar-refractivity contribution in [3.05, 3.63) is 65.2 Å². The Hall–Kier alpha value is -2.62. The molecule has 108 valence electrons. The van der Waals surface area contributed by atoms with Crippen LogP contribution in [-0.2, 0) is 11.2 Å². The van der Waals surface area contributed by atoms with Gasteiger partial charge in [-0.05, 0) is 36.6 Å². The van der Waals surface area contributed by atoms with Gasteiger partial charge in [-0.2, -0.15) is 0 Å². The number of benzene rings is 2. The number of carbonyl (C=O) groups is 2. The molecule has 0 aliphatic rings. The molecule has 0 atom stereocenters. The number of aromatic carboxylic acids is 1. The van der Waals surface area contributed by atoms with Crippen molar-refractivity contribution in [1.82, 2.24) is 0 Å². The molecule has 0 aliphatic carbocycles. The first-order chi connectivity index (χ1) is 10.1. The lowest BCUT2D eigenvalue weighted by Crippen LogP contribution is -2.13. The summed E-state index contributed by atoms with van der Waals surface area (Å²) in [7, 11) is 0. The molecule has 0 aliphatic heterocycles. The maximum atomic E-state index is 11.9. The van der Waals surface area contributed by atoms with Crippen LogP contribution in [0.3, 0.4) is 0 Å². The van der Waals surface area contributed by atoms with E-state index in [1.165, 1.54) is 6.07 Å². The number of hydrogen-bond acceptors (Lipinski definition) is 2. The number of rotatable bonds is 5. The van der Waals surface area contributed by atoms with Gasteiger partial charge >= 0.3 is 5.97 Å². The molecule has 21 heavy (non-hydrogen) atoms. The predicted molar refractivity (Wildman–Crippen MR) is 81.5 cm³/mol. The van der Waals surface area contributed by atoms with E-state index in [4.69, 9.17) is 5.11 Å². The highest BCUT2D eigenvalue weighted by atomic mass is 16.4. The number of aryl methyl sites for hydroxylation is 2. The van der Waals surface area contributed by atoms with Crippen molar-refractivity contribution in [3.63, 3.8) is 0 Å². The van der Waals surface area contributed by atoms with Gasteiger partial charge in [0.1, 0.15) is 0 Å². The molecular weight excluding hydrogens is 266 g/mol. The molecule has 0 fully saturated rings. The fourth-order valence-electron chi connectivity index (χ4n) is 2.06. The third-order valence-electron chi connectivity index (χ3n) is 3.24. The summed E-state index contributed by atoms with van der Waals surface area (Å²) in [4.78, 5) is 23.0. The molecular formula is C17H17NO3. The summed E-state index contributed by atoms with van der Waals surface area (Å²) in [6.45, 7) is 1.73. The summed E-state index contributed by atoms with van der Waals surface area (Å²) < 4.78 is 0. The molecule has 4 heteroatoms. The SMILES string of the molecule is Cc1ccc(NC(=O)CCc2ccccc2)cc1C(=O)O. The Morgan fingerprint density at radius 3 is 2.48 bits per heavy atom. The zero-order chi connectivity index (χ0) is 15.2. The Morgan fingerprint density at radius 2 is 1.81 bits per heavy atom. The molecule has 2 rings (SSSR count). The molecule has 2 aromatic carbocycles. The Morgan fingerprint density at radius 1 is 1.10 bits per heavy atom.